The molecule has 102 valence electrons. The average molecular weight is 260 g/mol. The summed E-state index contributed by atoms with van der Waals surface area (Å²) in [5.74, 6) is 1.78. The van der Waals surface area contributed by atoms with Crippen molar-refractivity contribution in [2.24, 2.45) is 0 Å². The van der Waals surface area contributed by atoms with E-state index in [-0.39, 0.29) is 6.04 Å². The van der Waals surface area contributed by atoms with Crippen molar-refractivity contribution in [1.29, 1.82) is 0 Å². The molecule has 0 saturated heterocycles. The molecule has 2 aromatic rings. The predicted molar refractivity (Wildman–Crippen MR) is 74.3 cm³/mol. The Labute approximate surface area is 113 Å². The number of methoxy groups -OCH3 is 1. The summed E-state index contributed by atoms with van der Waals surface area (Å²) in [4.78, 5) is 4.29. The van der Waals surface area contributed by atoms with Crippen LogP contribution in [0.25, 0.3) is 0 Å². The Morgan fingerprint density at radius 2 is 2.00 bits per heavy atom. The number of nitrogens with zero attached hydrogens (tertiary/aromatic N) is 2. The highest BCUT2D eigenvalue weighted by molar-refractivity contribution is 5.29. The van der Waals surface area contributed by atoms with Gasteiger partial charge in [0.05, 0.1) is 19.3 Å². The van der Waals surface area contributed by atoms with Crippen molar-refractivity contribution in [2.45, 2.75) is 32.4 Å². The third-order valence-corrected chi connectivity index (χ3v) is 3.42. The van der Waals surface area contributed by atoms with Gasteiger partial charge < -0.3 is 14.4 Å². The fourth-order valence-corrected chi connectivity index (χ4v) is 2.22. The van der Waals surface area contributed by atoms with E-state index in [0.29, 0.717) is 0 Å². The summed E-state index contributed by atoms with van der Waals surface area (Å²) in [6.07, 6.45) is 3.98. The van der Waals surface area contributed by atoms with Crippen molar-refractivity contribution in [3.05, 3.63) is 48.0 Å². The molecule has 0 fully saturated rings. The number of aromatic nitrogens is 2. The minimum atomic E-state index is -0.564. The van der Waals surface area contributed by atoms with Crippen molar-refractivity contribution in [3.8, 4) is 5.75 Å². The standard InChI is InChI=1S/C15H20N2O2/c1-4-14-16-9-10-17(14)11(2)15(18)12-5-7-13(19-3)8-6-12/h5-11,15,18H,4H2,1-3H3. The maximum absolute atomic E-state index is 10.5. The molecule has 0 bridgehead atoms. The highest BCUT2D eigenvalue weighted by Crippen LogP contribution is 2.28. The summed E-state index contributed by atoms with van der Waals surface area (Å²) < 4.78 is 7.14. The molecule has 0 aliphatic rings. The number of aryl methyl sites for hydroxylation is 1. The number of imidazole rings is 1. The number of rotatable bonds is 5. The zero-order valence-corrected chi connectivity index (χ0v) is 11.6. The minimum absolute atomic E-state index is 0.0501. The maximum Gasteiger partial charge on any atom is 0.118 e. The van der Waals surface area contributed by atoms with Crippen LogP contribution < -0.4 is 4.74 Å². The van der Waals surface area contributed by atoms with E-state index in [0.717, 1.165) is 23.6 Å². The maximum atomic E-state index is 10.5. The molecule has 0 radical (unpaired) electrons. The van der Waals surface area contributed by atoms with Crippen LogP contribution in [0.1, 0.15) is 37.4 Å². The van der Waals surface area contributed by atoms with Gasteiger partial charge in [0, 0.05) is 18.8 Å². The molecule has 1 aromatic heterocycles. The second kappa shape index (κ2) is 5.89. The Balaban J connectivity index is 2.20. The minimum Gasteiger partial charge on any atom is -0.497 e. The van der Waals surface area contributed by atoms with Crippen LogP contribution in [0.3, 0.4) is 0 Å². The Hall–Kier alpha value is -1.81. The molecule has 4 nitrogen and oxygen atoms in total. The quantitative estimate of drug-likeness (QED) is 0.899. The van der Waals surface area contributed by atoms with E-state index in [1.54, 1.807) is 13.3 Å². The lowest BCUT2D eigenvalue weighted by molar-refractivity contribution is 0.120. The smallest absolute Gasteiger partial charge is 0.118 e. The van der Waals surface area contributed by atoms with Gasteiger partial charge in [-0.3, -0.25) is 0 Å². The lowest BCUT2D eigenvalue weighted by atomic mass is 10.0. The molecule has 0 amide bonds. The van der Waals surface area contributed by atoms with Crippen LogP contribution in [0.4, 0.5) is 0 Å². The summed E-state index contributed by atoms with van der Waals surface area (Å²) in [5, 5.41) is 10.5. The van der Waals surface area contributed by atoms with Gasteiger partial charge in [-0.1, -0.05) is 19.1 Å². The number of aliphatic hydroxyl groups is 1. The fraction of sp³-hybridized carbons (Fsp3) is 0.400. The molecule has 19 heavy (non-hydrogen) atoms. The lowest BCUT2D eigenvalue weighted by Crippen LogP contribution is -2.16. The normalized spacial score (nSPS) is 14.1. The van der Waals surface area contributed by atoms with Gasteiger partial charge in [-0.05, 0) is 24.6 Å². The Morgan fingerprint density at radius 1 is 1.32 bits per heavy atom. The molecular weight excluding hydrogens is 240 g/mol. The number of benzene rings is 1. The fourth-order valence-electron chi connectivity index (χ4n) is 2.22. The van der Waals surface area contributed by atoms with E-state index < -0.39 is 6.10 Å². The zero-order valence-electron chi connectivity index (χ0n) is 11.6. The second-order valence-corrected chi connectivity index (χ2v) is 4.56. The molecule has 2 atom stereocenters. The lowest BCUT2D eigenvalue weighted by Gasteiger charge is -2.22. The molecular formula is C15H20N2O2. The summed E-state index contributed by atoms with van der Waals surface area (Å²) >= 11 is 0. The molecule has 0 aliphatic heterocycles. The molecule has 4 heteroatoms. The van der Waals surface area contributed by atoms with Gasteiger partial charge in [-0.2, -0.15) is 0 Å². The van der Waals surface area contributed by atoms with Gasteiger partial charge in [0.15, 0.2) is 0 Å². The molecule has 2 rings (SSSR count). The largest absolute Gasteiger partial charge is 0.497 e. The predicted octanol–water partition coefficient (Wildman–Crippen LogP) is 2.75. The van der Waals surface area contributed by atoms with Crippen molar-refractivity contribution in [1.82, 2.24) is 9.55 Å². The molecule has 0 aliphatic carbocycles. The van der Waals surface area contributed by atoms with Crippen molar-refractivity contribution in [3.63, 3.8) is 0 Å². The Kier molecular flexibility index (Phi) is 4.22. The topological polar surface area (TPSA) is 47.3 Å². The number of hydrogen-bond acceptors (Lipinski definition) is 3. The number of aliphatic hydroxyl groups excluding tert-OH is 1. The first-order chi connectivity index (χ1) is 9.17. The van der Waals surface area contributed by atoms with Crippen LogP contribution >= 0.6 is 0 Å². The van der Waals surface area contributed by atoms with E-state index in [1.807, 2.05) is 42.0 Å². The molecule has 0 saturated carbocycles. The summed E-state index contributed by atoms with van der Waals surface area (Å²) in [5.41, 5.74) is 0.879. The van der Waals surface area contributed by atoms with Crippen LogP contribution in [0.15, 0.2) is 36.7 Å². The van der Waals surface area contributed by atoms with E-state index in [4.69, 9.17) is 4.74 Å². The molecule has 0 spiro atoms. The van der Waals surface area contributed by atoms with Gasteiger partial charge in [0.2, 0.25) is 0 Å². The molecule has 2 unspecified atom stereocenters. The van der Waals surface area contributed by atoms with E-state index in [1.165, 1.54) is 0 Å². The third kappa shape index (κ3) is 2.79. The molecule has 1 heterocycles. The average Bonchev–Trinajstić information content (AvgIpc) is 2.94. The van der Waals surface area contributed by atoms with Gasteiger partial charge in [0.25, 0.3) is 0 Å². The highest BCUT2D eigenvalue weighted by atomic mass is 16.5. The first-order valence-electron chi connectivity index (χ1n) is 6.51. The Morgan fingerprint density at radius 3 is 2.58 bits per heavy atom. The van der Waals surface area contributed by atoms with E-state index in [9.17, 15) is 5.11 Å². The number of hydrogen-bond donors (Lipinski definition) is 1. The van der Waals surface area contributed by atoms with Crippen LogP contribution in [0.5, 0.6) is 5.75 Å². The van der Waals surface area contributed by atoms with E-state index >= 15 is 0 Å². The third-order valence-electron chi connectivity index (χ3n) is 3.42. The number of ether oxygens (including phenoxy) is 1. The van der Waals surface area contributed by atoms with Crippen LogP contribution in [0.2, 0.25) is 0 Å². The van der Waals surface area contributed by atoms with Crippen molar-refractivity contribution in [2.75, 3.05) is 7.11 Å². The first kappa shape index (κ1) is 13.6. The van der Waals surface area contributed by atoms with Gasteiger partial charge >= 0.3 is 0 Å². The van der Waals surface area contributed by atoms with Crippen molar-refractivity contribution < 1.29 is 9.84 Å². The van der Waals surface area contributed by atoms with Crippen molar-refractivity contribution >= 4 is 0 Å². The van der Waals surface area contributed by atoms with Gasteiger partial charge in [0.1, 0.15) is 11.6 Å². The first-order valence-corrected chi connectivity index (χ1v) is 6.51. The van der Waals surface area contributed by atoms with Crippen LogP contribution in [0, 0.1) is 0 Å². The van der Waals surface area contributed by atoms with Gasteiger partial charge in [-0.25, -0.2) is 4.98 Å². The van der Waals surface area contributed by atoms with Crippen LogP contribution in [-0.2, 0) is 6.42 Å². The molecule has 1 N–H and O–H groups in total. The second-order valence-electron chi connectivity index (χ2n) is 4.56. The van der Waals surface area contributed by atoms with Gasteiger partial charge in [-0.15, -0.1) is 0 Å². The SMILES string of the molecule is CCc1nccn1C(C)C(O)c1ccc(OC)cc1. The summed E-state index contributed by atoms with van der Waals surface area (Å²) in [6, 6.07) is 7.45. The Bertz CT molecular complexity index is 519. The summed E-state index contributed by atoms with van der Waals surface area (Å²) in [6.45, 7) is 4.06. The monoisotopic (exact) mass is 260 g/mol. The molecule has 1 aromatic carbocycles. The highest BCUT2D eigenvalue weighted by Gasteiger charge is 2.19. The zero-order chi connectivity index (χ0) is 13.8. The van der Waals surface area contributed by atoms with Crippen LogP contribution in [-0.4, -0.2) is 21.8 Å². The van der Waals surface area contributed by atoms with E-state index in [2.05, 4.69) is 11.9 Å². The summed E-state index contributed by atoms with van der Waals surface area (Å²) in [7, 11) is 1.63.